The van der Waals surface area contributed by atoms with Gasteiger partial charge in [-0.3, -0.25) is 4.99 Å². The molecular formula is C19H23FIN3O2. The number of nitrogens with one attached hydrogen (secondary N) is 2. The molecule has 2 N–H and O–H groups in total. The van der Waals surface area contributed by atoms with Crippen molar-refractivity contribution in [3.05, 3.63) is 71.0 Å². The number of nitrogens with zero attached hydrogens (tertiary/aromatic N) is 1. The molecule has 0 radical (unpaired) electrons. The minimum absolute atomic E-state index is 0. The maximum Gasteiger partial charge on any atom is 0.337 e. The molecule has 5 nitrogen and oxygen atoms in total. The van der Waals surface area contributed by atoms with E-state index in [2.05, 4.69) is 20.4 Å². The van der Waals surface area contributed by atoms with E-state index in [0.717, 1.165) is 12.0 Å². The minimum atomic E-state index is -0.345. The summed E-state index contributed by atoms with van der Waals surface area (Å²) >= 11 is 0. The van der Waals surface area contributed by atoms with E-state index in [1.165, 1.54) is 13.2 Å². The monoisotopic (exact) mass is 471 g/mol. The molecule has 2 aromatic rings. The summed E-state index contributed by atoms with van der Waals surface area (Å²) < 4.78 is 18.3. The zero-order valence-corrected chi connectivity index (χ0v) is 17.1. The Morgan fingerprint density at radius 3 is 2.42 bits per heavy atom. The van der Waals surface area contributed by atoms with Gasteiger partial charge in [-0.25, -0.2) is 9.18 Å². The molecule has 0 saturated heterocycles. The number of aliphatic imine (C=N–C) groups is 1. The Kier molecular flexibility index (Phi) is 9.64. The third kappa shape index (κ3) is 6.62. The van der Waals surface area contributed by atoms with E-state index in [1.807, 2.05) is 12.1 Å². The topological polar surface area (TPSA) is 62.7 Å². The van der Waals surface area contributed by atoms with Crippen LogP contribution >= 0.6 is 24.0 Å². The van der Waals surface area contributed by atoms with Crippen LogP contribution in [0.2, 0.25) is 0 Å². The van der Waals surface area contributed by atoms with Gasteiger partial charge in [-0.15, -0.1) is 24.0 Å². The van der Waals surface area contributed by atoms with E-state index in [4.69, 9.17) is 0 Å². The average molecular weight is 471 g/mol. The zero-order chi connectivity index (χ0) is 18.1. The molecule has 0 spiro atoms. The van der Waals surface area contributed by atoms with Crippen LogP contribution in [0.5, 0.6) is 0 Å². The molecule has 2 rings (SSSR count). The van der Waals surface area contributed by atoms with Crippen LogP contribution in [0, 0.1) is 5.82 Å². The molecule has 0 heterocycles. The Morgan fingerprint density at radius 1 is 1.12 bits per heavy atom. The number of hydrogen-bond acceptors (Lipinski definition) is 3. The fourth-order valence-corrected chi connectivity index (χ4v) is 2.29. The Bertz CT molecular complexity index is 736. The van der Waals surface area contributed by atoms with Crippen LogP contribution in [-0.4, -0.2) is 32.6 Å². The molecule has 0 unspecified atom stereocenters. The van der Waals surface area contributed by atoms with E-state index in [-0.39, 0.29) is 35.8 Å². The summed E-state index contributed by atoms with van der Waals surface area (Å²) in [5.74, 6) is 0.0213. The number of rotatable bonds is 6. The zero-order valence-electron chi connectivity index (χ0n) is 14.8. The quantitative estimate of drug-likeness (QED) is 0.294. The summed E-state index contributed by atoms with van der Waals surface area (Å²) in [6, 6.07) is 13.9. The van der Waals surface area contributed by atoms with Crippen LogP contribution in [0.4, 0.5) is 4.39 Å². The van der Waals surface area contributed by atoms with Crippen molar-refractivity contribution in [2.45, 2.75) is 13.0 Å². The molecule has 0 aliphatic rings. The molecule has 0 atom stereocenters. The molecule has 0 fully saturated rings. The van der Waals surface area contributed by atoms with Gasteiger partial charge in [0, 0.05) is 25.7 Å². The van der Waals surface area contributed by atoms with Crippen molar-refractivity contribution in [3.63, 3.8) is 0 Å². The van der Waals surface area contributed by atoms with Crippen molar-refractivity contribution in [2.24, 2.45) is 4.99 Å². The summed E-state index contributed by atoms with van der Waals surface area (Å²) in [5, 5.41) is 6.26. The van der Waals surface area contributed by atoms with E-state index < -0.39 is 0 Å². The lowest BCUT2D eigenvalue weighted by molar-refractivity contribution is 0.0600. The molecule has 0 aliphatic carbocycles. The molecule has 26 heavy (non-hydrogen) atoms. The van der Waals surface area contributed by atoms with Crippen molar-refractivity contribution >= 4 is 35.9 Å². The van der Waals surface area contributed by atoms with E-state index in [0.29, 0.717) is 30.2 Å². The van der Waals surface area contributed by atoms with Crippen molar-refractivity contribution in [2.75, 3.05) is 20.7 Å². The number of ether oxygens (including phenoxy) is 1. The standard InChI is InChI=1S/C19H22FN3O2.HI/c1-21-19(23-13-16-5-3-4-6-17(16)20)22-12-11-14-7-9-15(10-8-14)18(24)25-2;/h3-10H,11-13H2,1-2H3,(H2,21,22,23);1H. The van der Waals surface area contributed by atoms with E-state index >= 15 is 0 Å². The normalized spacial score (nSPS) is 10.7. The molecule has 7 heteroatoms. The van der Waals surface area contributed by atoms with E-state index in [9.17, 15) is 9.18 Å². The summed E-state index contributed by atoms with van der Waals surface area (Å²) in [6.07, 6.45) is 0.766. The van der Waals surface area contributed by atoms with Crippen molar-refractivity contribution in [3.8, 4) is 0 Å². The Morgan fingerprint density at radius 2 is 1.81 bits per heavy atom. The third-order valence-corrected chi connectivity index (χ3v) is 3.71. The van der Waals surface area contributed by atoms with Crippen LogP contribution in [0.25, 0.3) is 0 Å². The summed E-state index contributed by atoms with van der Waals surface area (Å²) in [4.78, 5) is 15.5. The Balaban J connectivity index is 0.00000338. The second-order valence-corrected chi connectivity index (χ2v) is 5.38. The van der Waals surface area contributed by atoms with Crippen LogP contribution in [0.3, 0.4) is 0 Å². The molecule has 0 amide bonds. The second-order valence-electron chi connectivity index (χ2n) is 5.38. The fraction of sp³-hybridized carbons (Fsp3) is 0.263. The van der Waals surface area contributed by atoms with Gasteiger partial charge in [0.1, 0.15) is 5.82 Å². The molecule has 140 valence electrons. The number of methoxy groups -OCH3 is 1. The van der Waals surface area contributed by atoms with E-state index in [1.54, 1.807) is 37.4 Å². The smallest absolute Gasteiger partial charge is 0.337 e. The van der Waals surface area contributed by atoms with Gasteiger partial charge in [0.2, 0.25) is 0 Å². The van der Waals surface area contributed by atoms with Crippen molar-refractivity contribution < 1.29 is 13.9 Å². The number of esters is 1. The van der Waals surface area contributed by atoms with Gasteiger partial charge in [-0.1, -0.05) is 30.3 Å². The predicted molar refractivity (Wildman–Crippen MR) is 112 cm³/mol. The van der Waals surface area contributed by atoms with Crippen molar-refractivity contribution in [1.29, 1.82) is 0 Å². The highest BCUT2D eigenvalue weighted by Gasteiger charge is 2.05. The number of benzene rings is 2. The number of hydrogen-bond donors (Lipinski definition) is 2. The fourth-order valence-electron chi connectivity index (χ4n) is 2.29. The van der Waals surface area contributed by atoms with Gasteiger partial charge in [0.05, 0.1) is 12.7 Å². The minimum Gasteiger partial charge on any atom is -0.465 e. The first kappa shape index (κ1) is 21.9. The average Bonchev–Trinajstić information content (AvgIpc) is 2.65. The van der Waals surface area contributed by atoms with Gasteiger partial charge >= 0.3 is 5.97 Å². The van der Waals surface area contributed by atoms with Gasteiger partial charge in [0.15, 0.2) is 5.96 Å². The van der Waals surface area contributed by atoms with Gasteiger partial charge in [0.25, 0.3) is 0 Å². The Labute approximate surface area is 170 Å². The number of carbonyl (C=O) groups excluding carboxylic acids is 1. The second kappa shape index (κ2) is 11.5. The molecular weight excluding hydrogens is 448 g/mol. The first-order valence-corrected chi connectivity index (χ1v) is 7.99. The summed E-state index contributed by atoms with van der Waals surface area (Å²) in [5.41, 5.74) is 2.20. The van der Waals surface area contributed by atoms with Crippen molar-refractivity contribution in [1.82, 2.24) is 10.6 Å². The summed E-state index contributed by atoms with van der Waals surface area (Å²) in [6.45, 7) is 1.02. The van der Waals surface area contributed by atoms with Gasteiger partial charge in [-0.05, 0) is 30.2 Å². The van der Waals surface area contributed by atoms with Crippen LogP contribution in [0.15, 0.2) is 53.5 Å². The van der Waals surface area contributed by atoms with Gasteiger partial charge < -0.3 is 15.4 Å². The molecule has 0 saturated carbocycles. The van der Waals surface area contributed by atoms with Crippen LogP contribution in [-0.2, 0) is 17.7 Å². The highest BCUT2D eigenvalue weighted by molar-refractivity contribution is 14.0. The highest BCUT2D eigenvalue weighted by atomic mass is 127. The molecule has 0 aliphatic heterocycles. The first-order valence-electron chi connectivity index (χ1n) is 7.99. The maximum atomic E-state index is 13.6. The SMILES string of the molecule is CN=C(NCCc1ccc(C(=O)OC)cc1)NCc1ccccc1F.I. The van der Waals surface area contributed by atoms with Gasteiger partial charge in [-0.2, -0.15) is 0 Å². The number of carbonyl (C=O) groups is 1. The lowest BCUT2D eigenvalue weighted by Gasteiger charge is -2.12. The lowest BCUT2D eigenvalue weighted by Crippen LogP contribution is -2.38. The number of guanidine groups is 1. The highest BCUT2D eigenvalue weighted by Crippen LogP contribution is 2.07. The summed E-state index contributed by atoms with van der Waals surface area (Å²) in [7, 11) is 3.03. The third-order valence-electron chi connectivity index (χ3n) is 3.71. The maximum absolute atomic E-state index is 13.6. The Hall–Kier alpha value is -2.16. The number of halogens is 2. The molecule has 2 aromatic carbocycles. The lowest BCUT2D eigenvalue weighted by atomic mass is 10.1. The molecule has 0 bridgehead atoms. The first-order chi connectivity index (χ1) is 12.1. The largest absolute Gasteiger partial charge is 0.465 e. The van der Waals surface area contributed by atoms with Crippen LogP contribution < -0.4 is 10.6 Å². The predicted octanol–water partition coefficient (Wildman–Crippen LogP) is 3.14. The molecule has 0 aromatic heterocycles. The van der Waals surface area contributed by atoms with Crippen LogP contribution in [0.1, 0.15) is 21.5 Å².